The number of hydrogen-bond donors (Lipinski definition) is 0. The predicted molar refractivity (Wildman–Crippen MR) is 73.3 cm³/mol. The molecule has 1 amide bonds. The highest BCUT2D eigenvalue weighted by Crippen LogP contribution is 2.33. The molecule has 1 aromatic rings. The minimum atomic E-state index is 0.0645. The van der Waals surface area contributed by atoms with Crippen molar-refractivity contribution in [2.24, 2.45) is 0 Å². The summed E-state index contributed by atoms with van der Waals surface area (Å²) in [6, 6.07) is 7.54. The van der Waals surface area contributed by atoms with Gasteiger partial charge in [0.05, 0.1) is 29.6 Å². The number of rotatable bonds is 4. The van der Waals surface area contributed by atoms with Crippen LogP contribution in [0.2, 0.25) is 0 Å². The number of anilines is 2. The number of fused-ring (bicyclic) bond motifs is 1. The molecule has 5 nitrogen and oxygen atoms in total. The van der Waals surface area contributed by atoms with E-state index in [4.69, 9.17) is 10.00 Å². The zero-order chi connectivity index (χ0) is 13.8. The Kier molecular flexibility index (Phi) is 4.03. The SMILES string of the molecule is COCCCN1CC(=O)N(C)c2ccc(C#N)cc21. The zero-order valence-electron chi connectivity index (χ0n) is 11.2. The molecule has 0 N–H and O–H groups in total. The Morgan fingerprint density at radius 1 is 1.42 bits per heavy atom. The summed E-state index contributed by atoms with van der Waals surface area (Å²) in [7, 11) is 3.43. The molecular formula is C14H17N3O2. The number of amides is 1. The third kappa shape index (κ3) is 2.69. The summed E-state index contributed by atoms with van der Waals surface area (Å²) in [6.45, 7) is 1.76. The maximum absolute atomic E-state index is 11.9. The highest BCUT2D eigenvalue weighted by atomic mass is 16.5. The number of likely N-dealkylation sites (N-methyl/N-ethyl adjacent to an activating group) is 1. The summed E-state index contributed by atoms with van der Waals surface area (Å²) in [5.74, 6) is 0.0645. The molecule has 0 aromatic heterocycles. The third-order valence-corrected chi connectivity index (χ3v) is 3.28. The first-order valence-corrected chi connectivity index (χ1v) is 6.22. The van der Waals surface area contributed by atoms with E-state index in [0.717, 1.165) is 24.3 Å². The Morgan fingerprint density at radius 2 is 2.21 bits per heavy atom. The van der Waals surface area contributed by atoms with Crippen LogP contribution in [0.15, 0.2) is 18.2 Å². The molecule has 0 saturated heterocycles. The Labute approximate surface area is 113 Å². The number of nitrogens with zero attached hydrogens (tertiary/aromatic N) is 3. The van der Waals surface area contributed by atoms with Gasteiger partial charge in [-0.25, -0.2) is 0 Å². The van der Waals surface area contributed by atoms with Gasteiger partial charge in [-0.05, 0) is 24.6 Å². The summed E-state index contributed by atoms with van der Waals surface area (Å²) in [5, 5.41) is 8.99. The monoisotopic (exact) mass is 259 g/mol. The molecule has 2 rings (SSSR count). The lowest BCUT2D eigenvalue weighted by Crippen LogP contribution is -2.44. The van der Waals surface area contributed by atoms with Crippen molar-refractivity contribution in [3.05, 3.63) is 23.8 Å². The van der Waals surface area contributed by atoms with Crippen LogP contribution in [0.3, 0.4) is 0 Å². The molecule has 1 heterocycles. The predicted octanol–water partition coefficient (Wildman–Crippen LogP) is 1.38. The van der Waals surface area contributed by atoms with Gasteiger partial charge in [0.25, 0.3) is 0 Å². The molecule has 0 spiro atoms. The molecule has 0 bridgehead atoms. The van der Waals surface area contributed by atoms with Crippen LogP contribution in [-0.2, 0) is 9.53 Å². The fourth-order valence-electron chi connectivity index (χ4n) is 2.22. The van der Waals surface area contributed by atoms with Gasteiger partial charge in [0.1, 0.15) is 0 Å². The van der Waals surface area contributed by atoms with Crippen LogP contribution in [0.25, 0.3) is 0 Å². The van der Waals surface area contributed by atoms with Crippen LogP contribution < -0.4 is 9.80 Å². The van der Waals surface area contributed by atoms with E-state index in [1.807, 2.05) is 17.0 Å². The molecule has 0 fully saturated rings. The van der Waals surface area contributed by atoms with E-state index in [0.29, 0.717) is 18.7 Å². The molecule has 19 heavy (non-hydrogen) atoms. The smallest absolute Gasteiger partial charge is 0.246 e. The first-order chi connectivity index (χ1) is 9.17. The van der Waals surface area contributed by atoms with E-state index in [1.165, 1.54) is 0 Å². The van der Waals surface area contributed by atoms with E-state index >= 15 is 0 Å². The van der Waals surface area contributed by atoms with Crippen LogP contribution in [-0.4, -0.2) is 39.8 Å². The highest BCUT2D eigenvalue weighted by Gasteiger charge is 2.26. The molecule has 1 aromatic carbocycles. The molecular weight excluding hydrogens is 242 g/mol. The van der Waals surface area contributed by atoms with Crippen molar-refractivity contribution in [2.45, 2.75) is 6.42 Å². The lowest BCUT2D eigenvalue weighted by molar-refractivity contribution is -0.117. The van der Waals surface area contributed by atoms with Gasteiger partial charge < -0.3 is 14.5 Å². The second-order valence-electron chi connectivity index (χ2n) is 4.54. The summed E-state index contributed by atoms with van der Waals surface area (Å²) in [6.07, 6.45) is 0.851. The quantitative estimate of drug-likeness (QED) is 0.766. The van der Waals surface area contributed by atoms with E-state index in [2.05, 4.69) is 6.07 Å². The van der Waals surface area contributed by atoms with Crippen molar-refractivity contribution in [1.82, 2.24) is 0 Å². The maximum atomic E-state index is 11.9. The molecule has 0 atom stereocenters. The molecule has 0 aliphatic carbocycles. The van der Waals surface area contributed by atoms with E-state index in [-0.39, 0.29) is 5.91 Å². The van der Waals surface area contributed by atoms with E-state index in [1.54, 1.807) is 25.1 Å². The minimum absolute atomic E-state index is 0.0645. The van der Waals surface area contributed by atoms with Crippen molar-refractivity contribution < 1.29 is 9.53 Å². The summed E-state index contributed by atoms with van der Waals surface area (Å²) in [4.78, 5) is 15.6. The number of carbonyl (C=O) groups is 1. The molecule has 1 aliphatic heterocycles. The Hall–Kier alpha value is -2.06. The van der Waals surface area contributed by atoms with Crippen LogP contribution in [0.4, 0.5) is 11.4 Å². The zero-order valence-corrected chi connectivity index (χ0v) is 11.2. The largest absolute Gasteiger partial charge is 0.385 e. The van der Waals surface area contributed by atoms with E-state index in [9.17, 15) is 4.79 Å². The van der Waals surface area contributed by atoms with Crippen LogP contribution >= 0.6 is 0 Å². The minimum Gasteiger partial charge on any atom is -0.385 e. The molecule has 0 unspecified atom stereocenters. The average molecular weight is 259 g/mol. The molecule has 0 saturated carbocycles. The topological polar surface area (TPSA) is 56.6 Å². The molecule has 1 aliphatic rings. The average Bonchev–Trinajstić information content (AvgIpc) is 2.44. The first kappa shape index (κ1) is 13.4. The normalized spacial score (nSPS) is 14.3. The number of nitriles is 1. The standard InChI is InChI=1S/C14H17N3O2/c1-16-12-5-4-11(9-15)8-13(12)17(10-14(16)18)6-3-7-19-2/h4-5,8H,3,6-7,10H2,1-2H3. The number of ether oxygens (including phenoxy) is 1. The van der Waals surface area contributed by atoms with Gasteiger partial charge in [-0.15, -0.1) is 0 Å². The molecule has 100 valence electrons. The highest BCUT2D eigenvalue weighted by molar-refractivity contribution is 6.02. The number of hydrogen-bond acceptors (Lipinski definition) is 4. The van der Waals surface area contributed by atoms with Crippen LogP contribution in [0.1, 0.15) is 12.0 Å². The summed E-state index contributed by atoms with van der Waals surface area (Å²) in [5.41, 5.74) is 2.41. The van der Waals surface area contributed by atoms with Gasteiger partial charge in [-0.3, -0.25) is 4.79 Å². The fraction of sp³-hybridized carbons (Fsp3) is 0.429. The number of methoxy groups -OCH3 is 1. The summed E-state index contributed by atoms with van der Waals surface area (Å²) >= 11 is 0. The summed E-state index contributed by atoms with van der Waals surface area (Å²) < 4.78 is 5.04. The second-order valence-corrected chi connectivity index (χ2v) is 4.54. The van der Waals surface area contributed by atoms with Gasteiger partial charge in [0.15, 0.2) is 0 Å². The van der Waals surface area contributed by atoms with Crippen LogP contribution in [0, 0.1) is 11.3 Å². The van der Waals surface area contributed by atoms with Crippen molar-refractivity contribution in [3.63, 3.8) is 0 Å². The third-order valence-electron chi connectivity index (χ3n) is 3.28. The Balaban J connectivity index is 2.30. The van der Waals surface area contributed by atoms with Crippen molar-refractivity contribution in [3.8, 4) is 6.07 Å². The number of benzene rings is 1. The lowest BCUT2D eigenvalue weighted by atomic mass is 10.1. The van der Waals surface area contributed by atoms with Gasteiger partial charge in [0, 0.05) is 27.3 Å². The van der Waals surface area contributed by atoms with Crippen molar-refractivity contribution >= 4 is 17.3 Å². The fourth-order valence-corrected chi connectivity index (χ4v) is 2.22. The van der Waals surface area contributed by atoms with Crippen molar-refractivity contribution in [2.75, 3.05) is 43.7 Å². The van der Waals surface area contributed by atoms with Gasteiger partial charge in [-0.2, -0.15) is 5.26 Å². The molecule has 0 radical (unpaired) electrons. The molecule has 5 heteroatoms. The lowest BCUT2D eigenvalue weighted by Gasteiger charge is -2.35. The van der Waals surface area contributed by atoms with E-state index < -0.39 is 0 Å². The maximum Gasteiger partial charge on any atom is 0.246 e. The first-order valence-electron chi connectivity index (χ1n) is 6.22. The van der Waals surface area contributed by atoms with Crippen molar-refractivity contribution in [1.29, 1.82) is 5.26 Å². The van der Waals surface area contributed by atoms with Crippen LogP contribution in [0.5, 0.6) is 0 Å². The van der Waals surface area contributed by atoms with Gasteiger partial charge >= 0.3 is 0 Å². The van der Waals surface area contributed by atoms with Gasteiger partial charge in [0.2, 0.25) is 5.91 Å². The number of carbonyl (C=O) groups excluding carboxylic acids is 1. The Bertz CT molecular complexity index is 522. The Morgan fingerprint density at radius 3 is 2.89 bits per heavy atom. The van der Waals surface area contributed by atoms with Gasteiger partial charge in [-0.1, -0.05) is 0 Å². The second kappa shape index (κ2) is 5.72.